The van der Waals surface area contributed by atoms with E-state index < -0.39 is 0 Å². The Hall–Kier alpha value is -1.76. The van der Waals surface area contributed by atoms with Gasteiger partial charge in [0.2, 0.25) is 5.91 Å². The summed E-state index contributed by atoms with van der Waals surface area (Å²) in [6, 6.07) is 4.52. The molecule has 1 aliphatic carbocycles. The smallest absolute Gasteiger partial charge is 0.221 e. The molecule has 1 saturated heterocycles. The van der Waals surface area contributed by atoms with Crippen LogP contribution in [0.5, 0.6) is 0 Å². The number of quaternary nitrogens is 2. The largest absolute Gasteiger partial charge is 0.326 e. The van der Waals surface area contributed by atoms with E-state index in [0.29, 0.717) is 0 Å². The summed E-state index contributed by atoms with van der Waals surface area (Å²) in [6.45, 7) is 9.85. The van der Waals surface area contributed by atoms with Crippen molar-refractivity contribution in [3.8, 4) is 0 Å². The molecule has 1 atom stereocenters. The van der Waals surface area contributed by atoms with E-state index in [-0.39, 0.29) is 11.9 Å². The molecule has 2 aromatic rings. The van der Waals surface area contributed by atoms with Gasteiger partial charge < -0.3 is 15.1 Å². The van der Waals surface area contributed by atoms with Crippen LogP contribution in [0.3, 0.4) is 0 Å². The maximum Gasteiger partial charge on any atom is 0.221 e. The number of carbonyl (C=O) groups excluding carboxylic acids is 1. The number of aryl methyl sites for hydroxylation is 1. The number of aromatic nitrogens is 1. The Kier molecular flexibility index (Phi) is 6.09. The molecule has 28 heavy (non-hydrogen) atoms. The van der Waals surface area contributed by atoms with Crippen molar-refractivity contribution in [1.29, 1.82) is 0 Å². The highest BCUT2D eigenvalue weighted by molar-refractivity contribution is 7.16. The zero-order valence-electron chi connectivity index (χ0n) is 17.0. The minimum Gasteiger partial charge on any atom is -0.326 e. The van der Waals surface area contributed by atoms with Crippen LogP contribution in [0.2, 0.25) is 0 Å². The first-order chi connectivity index (χ1) is 13.7. The van der Waals surface area contributed by atoms with E-state index in [1.54, 1.807) is 16.7 Å². The molecule has 2 aromatic heterocycles. The molecule has 4 rings (SSSR count). The van der Waals surface area contributed by atoms with Gasteiger partial charge in [-0.1, -0.05) is 0 Å². The maximum absolute atomic E-state index is 12.0. The average molecular weight is 401 g/mol. The molecule has 5 nitrogen and oxygen atoms in total. The summed E-state index contributed by atoms with van der Waals surface area (Å²) in [6.07, 6.45) is 8.68. The molecule has 2 aliphatic rings. The van der Waals surface area contributed by atoms with Crippen molar-refractivity contribution in [3.05, 3.63) is 46.1 Å². The lowest BCUT2D eigenvalue weighted by atomic mass is 9.89. The predicted octanol–water partition coefficient (Wildman–Crippen LogP) is 0.873. The highest BCUT2D eigenvalue weighted by Gasteiger charge is 2.37. The molecule has 1 aliphatic heterocycles. The highest BCUT2D eigenvalue weighted by Crippen LogP contribution is 2.42. The minimum atomic E-state index is 0.0278. The van der Waals surface area contributed by atoms with Crippen LogP contribution < -0.4 is 15.1 Å². The van der Waals surface area contributed by atoms with E-state index in [9.17, 15) is 4.79 Å². The van der Waals surface area contributed by atoms with Gasteiger partial charge in [-0.25, -0.2) is 0 Å². The maximum atomic E-state index is 12.0. The van der Waals surface area contributed by atoms with Gasteiger partial charge in [0.15, 0.2) is 0 Å². The number of rotatable bonds is 5. The van der Waals surface area contributed by atoms with Gasteiger partial charge in [-0.15, -0.1) is 11.3 Å². The molecular weight excluding hydrogens is 368 g/mol. The van der Waals surface area contributed by atoms with Crippen LogP contribution in [0.4, 0.5) is 5.00 Å². The number of amides is 1. The van der Waals surface area contributed by atoms with E-state index in [0.717, 1.165) is 30.9 Å². The molecule has 0 aromatic carbocycles. The third-order valence-electron chi connectivity index (χ3n) is 6.32. The molecule has 6 heteroatoms. The molecule has 0 saturated carbocycles. The van der Waals surface area contributed by atoms with Crippen LogP contribution in [-0.4, -0.2) is 43.6 Å². The first-order valence-electron chi connectivity index (χ1n) is 10.7. The van der Waals surface area contributed by atoms with E-state index in [1.807, 2.05) is 29.8 Å². The molecule has 0 unspecified atom stereocenters. The fourth-order valence-corrected chi connectivity index (χ4v) is 6.24. The van der Waals surface area contributed by atoms with Crippen LogP contribution in [0.25, 0.3) is 0 Å². The number of carbonyl (C=O) groups is 1. The first kappa shape index (κ1) is 19.6. The molecule has 1 fully saturated rings. The quantitative estimate of drug-likeness (QED) is 0.698. The Morgan fingerprint density at radius 3 is 2.71 bits per heavy atom. The summed E-state index contributed by atoms with van der Waals surface area (Å²) in [5.74, 6) is 0.0278. The summed E-state index contributed by atoms with van der Waals surface area (Å²) in [5, 5.41) is 4.26. The van der Waals surface area contributed by atoms with E-state index in [2.05, 4.69) is 23.3 Å². The molecular formula is C22H32N4OS+2. The Balaban J connectivity index is 1.78. The van der Waals surface area contributed by atoms with Crippen molar-refractivity contribution in [2.75, 3.05) is 38.0 Å². The van der Waals surface area contributed by atoms with Crippen molar-refractivity contribution in [2.45, 2.75) is 45.6 Å². The van der Waals surface area contributed by atoms with E-state index in [4.69, 9.17) is 0 Å². The Bertz CT molecular complexity index is 811. The minimum absolute atomic E-state index is 0.0278. The number of fused-ring (bicyclic) bond motifs is 1. The Morgan fingerprint density at radius 1 is 1.25 bits per heavy atom. The number of piperazine rings is 1. The van der Waals surface area contributed by atoms with Gasteiger partial charge in [-0.05, 0) is 50.3 Å². The third-order valence-corrected chi connectivity index (χ3v) is 7.54. The second-order valence-corrected chi connectivity index (χ2v) is 9.22. The number of likely N-dealkylation sites (N-methyl/N-ethyl adjacent to an activating group) is 1. The number of nitrogens with one attached hydrogen (secondary N) is 3. The summed E-state index contributed by atoms with van der Waals surface area (Å²) < 4.78 is 0. The predicted molar refractivity (Wildman–Crippen MR) is 113 cm³/mol. The van der Waals surface area contributed by atoms with Crippen LogP contribution in [0, 0.1) is 0 Å². The SMILES string of the molecule is CC[NH+]1CC[NH+]([C@@H](c2cccnc2)c2c(NC(C)=O)sc3c2CCCC3)CC1. The fourth-order valence-electron chi connectivity index (χ4n) is 4.87. The van der Waals surface area contributed by atoms with Gasteiger partial charge in [-0.3, -0.25) is 9.78 Å². The lowest BCUT2D eigenvalue weighted by Gasteiger charge is -2.35. The van der Waals surface area contributed by atoms with Gasteiger partial charge in [0.05, 0.1) is 12.1 Å². The molecule has 0 bridgehead atoms. The molecule has 3 heterocycles. The second-order valence-electron chi connectivity index (χ2n) is 8.12. The number of pyridine rings is 1. The molecule has 3 N–H and O–H groups in total. The van der Waals surface area contributed by atoms with Crippen molar-refractivity contribution >= 4 is 22.2 Å². The topological polar surface area (TPSA) is 50.9 Å². The van der Waals surface area contributed by atoms with Gasteiger partial charge in [0.25, 0.3) is 0 Å². The molecule has 0 spiro atoms. The monoisotopic (exact) mass is 400 g/mol. The van der Waals surface area contributed by atoms with Crippen LogP contribution in [0.15, 0.2) is 24.5 Å². The Labute approximate surface area is 171 Å². The fraction of sp³-hybridized carbons (Fsp3) is 0.545. The van der Waals surface area contributed by atoms with Crippen molar-refractivity contribution < 1.29 is 14.6 Å². The van der Waals surface area contributed by atoms with E-state index in [1.165, 1.54) is 54.0 Å². The first-order valence-corrected chi connectivity index (χ1v) is 11.5. The van der Waals surface area contributed by atoms with Gasteiger partial charge >= 0.3 is 0 Å². The third kappa shape index (κ3) is 4.00. The number of hydrogen-bond donors (Lipinski definition) is 3. The standard InChI is InChI=1S/C22H30N4OS/c1-3-25-11-13-26(14-12-25)21(17-7-6-10-23-15-17)20-18-8-4-5-9-19(18)28-22(20)24-16(2)27/h6-7,10,15,21H,3-5,8-9,11-14H2,1-2H3,(H,24,27)/p+2/t21-/m0/s1. The number of thiophene rings is 1. The molecule has 0 radical (unpaired) electrons. The number of hydrogen-bond acceptors (Lipinski definition) is 3. The van der Waals surface area contributed by atoms with E-state index >= 15 is 0 Å². The lowest BCUT2D eigenvalue weighted by molar-refractivity contribution is -1.02. The Morgan fingerprint density at radius 2 is 2.04 bits per heavy atom. The normalized spacial score (nSPS) is 23.1. The summed E-state index contributed by atoms with van der Waals surface area (Å²) in [7, 11) is 0. The number of anilines is 1. The van der Waals surface area contributed by atoms with Crippen LogP contribution in [-0.2, 0) is 17.6 Å². The summed E-state index contributed by atoms with van der Waals surface area (Å²) in [4.78, 5) is 21.2. The number of nitrogens with zero attached hydrogens (tertiary/aromatic N) is 1. The zero-order chi connectivity index (χ0) is 19.5. The molecule has 1 amide bonds. The molecule has 150 valence electrons. The van der Waals surface area contributed by atoms with Crippen molar-refractivity contribution in [3.63, 3.8) is 0 Å². The zero-order valence-corrected chi connectivity index (χ0v) is 17.8. The summed E-state index contributed by atoms with van der Waals surface area (Å²) >= 11 is 1.81. The van der Waals surface area contributed by atoms with Gasteiger partial charge in [0.1, 0.15) is 37.2 Å². The summed E-state index contributed by atoms with van der Waals surface area (Å²) in [5.41, 5.74) is 4.15. The highest BCUT2D eigenvalue weighted by atomic mass is 32.1. The second kappa shape index (κ2) is 8.72. The van der Waals surface area contributed by atoms with Gasteiger partial charge in [-0.2, -0.15) is 0 Å². The van der Waals surface area contributed by atoms with Gasteiger partial charge in [0, 0.05) is 29.8 Å². The van der Waals surface area contributed by atoms with Crippen LogP contribution in [0.1, 0.15) is 54.3 Å². The average Bonchev–Trinajstić information content (AvgIpc) is 3.07. The van der Waals surface area contributed by atoms with Crippen molar-refractivity contribution in [1.82, 2.24) is 4.98 Å². The lowest BCUT2D eigenvalue weighted by Crippen LogP contribution is -3.28. The van der Waals surface area contributed by atoms with Crippen LogP contribution >= 0.6 is 11.3 Å². The van der Waals surface area contributed by atoms with Crippen molar-refractivity contribution in [2.24, 2.45) is 0 Å².